The van der Waals surface area contributed by atoms with Crippen molar-refractivity contribution in [3.8, 4) is 0 Å². The Bertz CT molecular complexity index is 994. The highest BCUT2D eigenvalue weighted by molar-refractivity contribution is 6.34. The summed E-state index contributed by atoms with van der Waals surface area (Å²) in [5, 5.41) is 0.0826. The zero-order chi connectivity index (χ0) is 17.6. The van der Waals surface area contributed by atoms with E-state index < -0.39 is 5.82 Å². The van der Waals surface area contributed by atoms with Gasteiger partial charge in [-0.05, 0) is 30.3 Å². The molecule has 126 valence electrons. The Balaban J connectivity index is 1.83. The second kappa shape index (κ2) is 5.97. The number of carbonyl (C=O) groups excluding carboxylic acids is 1. The fourth-order valence-corrected chi connectivity index (χ4v) is 3.13. The number of halogens is 2. The minimum Gasteiger partial charge on any atom is -0.355 e. The number of amides is 1. The molecule has 5 nitrogen and oxygen atoms in total. The Kier molecular flexibility index (Phi) is 3.77. The topological polar surface area (TPSA) is 49.3 Å². The smallest absolute Gasteiger partial charge is 0.261 e. The molecule has 0 unspecified atom stereocenters. The normalized spacial score (nSPS) is 13.9. The zero-order valence-corrected chi connectivity index (χ0v) is 14.2. The molecule has 0 aliphatic carbocycles. The van der Waals surface area contributed by atoms with Crippen molar-refractivity contribution in [2.75, 3.05) is 29.9 Å². The molecule has 0 spiro atoms. The molecule has 0 bridgehead atoms. The molecule has 1 aromatic heterocycles. The predicted molar refractivity (Wildman–Crippen MR) is 95.9 cm³/mol. The number of hydrogen-bond acceptors (Lipinski definition) is 4. The Morgan fingerprint density at radius 1 is 1.08 bits per heavy atom. The molecule has 0 saturated heterocycles. The Morgan fingerprint density at radius 2 is 1.76 bits per heavy atom. The first kappa shape index (κ1) is 15.8. The van der Waals surface area contributed by atoms with E-state index in [0.29, 0.717) is 30.2 Å². The molecule has 1 aliphatic rings. The molecule has 1 amide bonds. The predicted octanol–water partition coefficient (Wildman–Crippen LogP) is 3.52. The minimum atomic E-state index is -0.480. The second-order valence-electron chi connectivity index (χ2n) is 5.86. The summed E-state index contributed by atoms with van der Waals surface area (Å²) in [5.41, 5.74) is 1.72. The van der Waals surface area contributed by atoms with E-state index in [0.717, 1.165) is 11.6 Å². The van der Waals surface area contributed by atoms with E-state index in [-0.39, 0.29) is 16.5 Å². The van der Waals surface area contributed by atoms with Gasteiger partial charge in [-0.3, -0.25) is 9.69 Å². The van der Waals surface area contributed by atoms with E-state index in [1.807, 2.05) is 36.2 Å². The van der Waals surface area contributed by atoms with Crippen LogP contribution in [0.3, 0.4) is 0 Å². The molecule has 25 heavy (non-hydrogen) atoms. The van der Waals surface area contributed by atoms with Crippen LogP contribution in [0.1, 0.15) is 10.4 Å². The number of fused-ring (bicyclic) bond motifs is 2. The molecular formula is C18H14ClFN4O. The number of rotatable bonds is 1. The summed E-state index contributed by atoms with van der Waals surface area (Å²) in [7, 11) is 1.91. The SMILES string of the molecule is CN1CCN(C(=O)c2ccc(F)cc2Cl)c2nc3ccccc3nc21. The van der Waals surface area contributed by atoms with E-state index in [4.69, 9.17) is 11.6 Å². The standard InChI is InChI=1S/C18H14ClFN4O/c1-23-8-9-24(18(25)12-7-6-11(20)10-13(12)19)17-16(23)21-14-4-2-3-5-15(14)22-17/h2-7,10H,8-9H2,1H3. The van der Waals surface area contributed by atoms with Crippen LogP contribution in [0.25, 0.3) is 11.0 Å². The lowest BCUT2D eigenvalue weighted by Gasteiger charge is -2.33. The average Bonchev–Trinajstić information content (AvgIpc) is 2.60. The third kappa shape index (κ3) is 2.68. The van der Waals surface area contributed by atoms with Crippen molar-refractivity contribution in [3.63, 3.8) is 0 Å². The summed E-state index contributed by atoms with van der Waals surface area (Å²) in [6, 6.07) is 11.3. The highest BCUT2D eigenvalue weighted by Gasteiger charge is 2.30. The fraction of sp³-hybridized carbons (Fsp3) is 0.167. The molecule has 0 radical (unpaired) electrons. The van der Waals surface area contributed by atoms with Crippen LogP contribution in [-0.4, -0.2) is 36.0 Å². The Morgan fingerprint density at radius 3 is 2.44 bits per heavy atom. The van der Waals surface area contributed by atoms with Gasteiger partial charge in [-0.25, -0.2) is 14.4 Å². The Labute approximate surface area is 148 Å². The number of aromatic nitrogens is 2. The molecule has 0 fully saturated rings. The first-order valence-corrected chi connectivity index (χ1v) is 8.17. The highest BCUT2D eigenvalue weighted by Crippen LogP contribution is 2.32. The summed E-state index contributed by atoms with van der Waals surface area (Å²) >= 11 is 6.06. The van der Waals surface area contributed by atoms with Gasteiger partial charge in [0.1, 0.15) is 5.82 Å². The molecule has 0 atom stereocenters. The van der Waals surface area contributed by atoms with E-state index in [2.05, 4.69) is 9.97 Å². The van der Waals surface area contributed by atoms with E-state index >= 15 is 0 Å². The van der Waals surface area contributed by atoms with Crippen LogP contribution >= 0.6 is 11.6 Å². The van der Waals surface area contributed by atoms with Gasteiger partial charge in [-0.1, -0.05) is 23.7 Å². The van der Waals surface area contributed by atoms with Gasteiger partial charge >= 0.3 is 0 Å². The molecule has 7 heteroatoms. The van der Waals surface area contributed by atoms with Crippen LogP contribution in [0.4, 0.5) is 16.0 Å². The monoisotopic (exact) mass is 356 g/mol. The summed E-state index contributed by atoms with van der Waals surface area (Å²) < 4.78 is 13.3. The van der Waals surface area contributed by atoms with Crippen LogP contribution in [-0.2, 0) is 0 Å². The molecule has 0 saturated carbocycles. The largest absolute Gasteiger partial charge is 0.355 e. The molecule has 2 heterocycles. The number of benzene rings is 2. The van der Waals surface area contributed by atoms with Crippen LogP contribution in [0.15, 0.2) is 42.5 Å². The lowest BCUT2D eigenvalue weighted by Crippen LogP contribution is -2.43. The van der Waals surface area contributed by atoms with E-state index in [1.165, 1.54) is 12.1 Å². The van der Waals surface area contributed by atoms with Crippen LogP contribution in [0.5, 0.6) is 0 Å². The molecular weight excluding hydrogens is 343 g/mol. The van der Waals surface area contributed by atoms with Crippen molar-refractivity contribution in [3.05, 3.63) is 58.9 Å². The number of nitrogens with zero attached hydrogens (tertiary/aromatic N) is 4. The second-order valence-corrected chi connectivity index (χ2v) is 6.27. The minimum absolute atomic E-state index is 0.0826. The maximum Gasteiger partial charge on any atom is 0.261 e. The first-order valence-electron chi connectivity index (χ1n) is 7.79. The third-order valence-electron chi connectivity index (χ3n) is 4.22. The summed E-state index contributed by atoms with van der Waals surface area (Å²) in [5.74, 6) is 0.324. The Hall–Kier alpha value is -2.73. The summed E-state index contributed by atoms with van der Waals surface area (Å²) in [6.45, 7) is 1.06. The lowest BCUT2D eigenvalue weighted by molar-refractivity contribution is 0.0986. The average molecular weight is 357 g/mol. The summed E-state index contributed by atoms with van der Waals surface area (Å²) in [6.07, 6.45) is 0. The fourth-order valence-electron chi connectivity index (χ4n) is 2.89. The van der Waals surface area contributed by atoms with Gasteiger partial charge in [0.2, 0.25) is 0 Å². The van der Waals surface area contributed by atoms with Crippen LogP contribution < -0.4 is 9.80 Å². The van der Waals surface area contributed by atoms with Gasteiger partial charge in [0.05, 0.1) is 21.6 Å². The number of para-hydroxylation sites is 2. The van der Waals surface area contributed by atoms with Gasteiger partial charge in [0.15, 0.2) is 11.6 Å². The van der Waals surface area contributed by atoms with Gasteiger partial charge in [0, 0.05) is 20.1 Å². The van der Waals surface area contributed by atoms with Crippen LogP contribution in [0, 0.1) is 5.82 Å². The van der Waals surface area contributed by atoms with Crippen molar-refractivity contribution in [2.45, 2.75) is 0 Å². The van der Waals surface area contributed by atoms with Gasteiger partial charge < -0.3 is 4.90 Å². The lowest BCUT2D eigenvalue weighted by atomic mass is 10.1. The molecule has 0 N–H and O–H groups in total. The van der Waals surface area contributed by atoms with Crippen molar-refractivity contribution in [1.82, 2.24) is 9.97 Å². The van der Waals surface area contributed by atoms with Gasteiger partial charge in [-0.15, -0.1) is 0 Å². The quantitative estimate of drug-likeness (QED) is 0.669. The molecule has 1 aliphatic heterocycles. The molecule has 3 aromatic rings. The van der Waals surface area contributed by atoms with Crippen molar-refractivity contribution >= 4 is 40.2 Å². The van der Waals surface area contributed by atoms with Crippen molar-refractivity contribution < 1.29 is 9.18 Å². The number of likely N-dealkylation sites (N-methyl/N-ethyl adjacent to an activating group) is 1. The number of anilines is 2. The summed E-state index contributed by atoms with van der Waals surface area (Å²) in [4.78, 5) is 25.7. The zero-order valence-electron chi connectivity index (χ0n) is 13.4. The van der Waals surface area contributed by atoms with Gasteiger partial charge in [-0.2, -0.15) is 0 Å². The van der Waals surface area contributed by atoms with Crippen LogP contribution in [0.2, 0.25) is 5.02 Å². The molecule has 2 aromatic carbocycles. The van der Waals surface area contributed by atoms with Gasteiger partial charge in [0.25, 0.3) is 5.91 Å². The van der Waals surface area contributed by atoms with Crippen molar-refractivity contribution in [2.24, 2.45) is 0 Å². The number of carbonyl (C=O) groups is 1. The highest BCUT2D eigenvalue weighted by atomic mass is 35.5. The maximum atomic E-state index is 13.3. The van der Waals surface area contributed by atoms with Crippen molar-refractivity contribution in [1.29, 1.82) is 0 Å². The maximum absolute atomic E-state index is 13.3. The molecule has 4 rings (SSSR count). The van der Waals surface area contributed by atoms with E-state index in [9.17, 15) is 9.18 Å². The third-order valence-corrected chi connectivity index (χ3v) is 4.53. The first-order chi connectivity index (χ1) is 12.0. The number of hydrogen-bond donors (Lipinski definition) is 0. The van der Waals surface area contributed by atoms with E-state index in [1.54, 1.807) is 4.90 Å².